The van der Waals surface area contributed by atoms with E-state index in [1.165, 1.54) is 0 Å². The predicted octanol–water partition coefficient (Wildman–Crippen LogP) is 3.81. The van der Waals surface area contributed by atoms with Crippen LogP contribution >= 0.6 is 0 Å². The monoisotopic (exact) mass is 441 g/mol. The van der Waals surface area contributed by atoms with Crippen molar-refractivity contribution >= 4 is 17.2 Å². The van der Waals surface area contributed by atoms with Gasteiger partial charge in [-0.1, -0.05) is 19.1 Å². The number of hydrogen-bond acceptors (Lipinski definition) is 5. The highest BCUT2D eigenvalue weighted by Crippen LogP contribution is 2.47. The van der Waals surface area contributed by atoms with E-state index in [1.807, 2.05) is 63.0 Å². The number of aromatic nitrogens is 5. The third-order valence-corrected chi connectivity index (χ3v) is 7.12. The number of carbonyl (C=O) groups is 1. The van der Waals surface area contributed by atoms with Gasteiger partial charge in [0.15, 0.2) is 5.65 Å². The zero-order chi connectivity index (χ0) is 22.6. The van der Waals surface area contributed by atoms with Gasteiger partial charge in [0.1, 0.15) is 0 Å². The lowest BCUT2D eigenvalue weighted by molar-refractivity contribution is -0.137. The average molecular weight is 442 g/mol. The summed E-state index contributed by atoms with van der Waals surface area (Å²) in [5.74, 6) is 0.332. The fraction of sp³-hybridized carbons (Fsp3) is 0.360. The minimum absolute atomic E-state index is 0.0861. The minimum Gasteiger partial charge on any atom is -0.399 e. The van der Waals surface area contributed by atoms with Gasteiger partial charge in [0, 0.05) is 47.1 Å². The number of hydrogen-bond donors (Lipinski definition) is 1. The van der Waals surface area contributed by atoms with Crippen LogP contribution in [0.4, 0.5) is 5.69 Å². The summed E-state index contributed by atoms with van der Waals surface area (Å²) in [6, 6.07) is 10.1. The highest BCUT2D eigenvalue weighted by Gasteiger charge is 2.47. The molecule has 2 aliphatic rings. The standard InChI is InChI=1S/C25H27N7O/c1-25(7-8-25)24(33)30-9-5-21(6-10-30)31-16-19(14-28-31)18-12-23-27-15-22(32(23)29-13-18)17-3-2-4-20(26)11-17/h2-4,11-16,21H,5-10,26H2,1H3. The van der Waals surface area contributed by atoms with Gasteiger partial charge < -0.3 is 10.6 Å². The van der Waals surface area contributed by atoms with Crippen molar-refractivity contribution in [1.82, 2.24) is 29.3 Å². The van der Waals surface area contributed by atoms with E-state index in [0.29, 0.717) is 17.6 Å². The molecule has 1 aliphatic heterocycles. The maximum Gasteiger partial charge on any atom is 0.228 e. The molecule has 6 rings (SSSR count). The molecular weight excluding hydrogens is 414 g/mol. The molecule has 1 saturated heterocycles. The molecule has 2 N–H and O–H groups in total. The second kappa shape index (κ2) is 7.43. The summed E-state index contributed by atoms with van der Waals surface area (Å²) in [6.07, 6.45) is 11.6. The lowest BCUT2D eigenvalue weighted by Gasteiger charge is -2.33. The SMILES string of the molecule is CC1(C(=O)N2CCC(n3cc(-c4cnn5c(-c6cccc(N)c6)cnc5c4)cn3)CC2)CC1. The maximum absolute atomic E-state index is 12.6. The first-order chi connectivity index (χ1) is 16.0. The first-order valence-electron chi connectivity index (χ1n) is 11.5. The van der Waals surface area contributed by atoms with Crippen molar-refractivity contribution in [3.8, 4) is 22.4 Å². The van der Waals surface area contributed by atoms with Gasteiger partial charge in [-0.05, 0) is 43.9 Å². The summed E-state index contributed by atoms with van der Waals surface area (Å²) >= 11 is 0. The fourth-order valence-electron chi connectivity index (χ4n) is 4.73. The summed E-state index contributed by atoms with van der Waals surface area (Å²) in [6.45, 7) is 3.70. The Morgan fingerprint density at radius 2 is 1.82 bits per heavy atom. The molecule has 1 aromatic carbocycles. The summed E-state index contributed by atoms with van der Waals surface area (Å²) < 4.78 is 3.87. The van der Waals surface area contributed by atoms with E-state index in [2.05, 4.69) is 28.3 Å². The van der Waals surface area contributed by atoms with Crippen LogP contribution in [0.15, 0.2) is 55.1 Å². The van der Waals surface area contributed by atoms with Crippen LogP contribution in [-0.4, -0.2) is 48.3 Å². The van der Waals surface area contributed by atoms with Crippen LogP contribution in [0.3, 0.4) is 0 Å². The van der Waals surface area contributed by atoms with Crippen molar-refractivity contribution in [3.63, 3.8) is 0 Å². The van der Waals surface area contributed by atoms with Crippen molar-refractivity contribution in [1.29, 1.82) is 0 Å². The number of nitrogens with two attached hydrogens (primary N) is 1. The van der Waals surface area contributed by atoms with Crippen LogP contribution in [0.5, 0.6) is 0 Å². The number of anilines is 1. The number of piperidine rings is 1. The molecular formula is C25H27N7O. The van der Waals surface area contributed by atoms with Gasteiger partial charge in [0.05, 0.1) is 30.3 Å². The van der Waals surface area contributed by atoms with E-state index in [1.54, 1.807) is 0 Å². The predicted molar refractivity (Wildman–Crippen MR) is 126 cm³/mol. The van der Waals surface area contributed by atoms with Gasteiger partial charge in [-0.3, -0.25) is 9.48 Å². The number of rotatable bonds is 4. The lowest BCUT2D eigenvalue weighted by atomic mass is 10.0. The molecule has 0 spiro atoms. The molecule has 8 nitrogen and oxygen atoms in total. The van der Waals surface area contributed by atoms with E-state index in [9.17, 15) is 4.79 Å². The molecule has 8 heteroatoms. The topological polar surface area (TPSA) is 94.3 Å². The molecule has 168 valence electrons. The average Bonchev–Trinajstić information content (AvgIpc) is 3.24. The van der Waals surface area contributed by atoms with Crippen molar-refractivity contribution < 1.29 is 4.79 Å². The molecule has 1 aliphatic carbocycles. The van der Waals surface area contributed by atoms with E-state index in [4.69, 9.17) is 5.73 Å². The normalized spacial score (nSPS) is 18.0. The van der Waals surface area contributed by atoms with Gasteiger partial charge >= 0.3 is 0 Å². The summed E-state index contributed by atoms with van der Waals surface area (Å²) in [5.41, 5.74) is 11.2. The Labute approximate surface area is 192 Å². The Morgan fingerprint density at radius 3 is 2.58 bits per heavy atom. The Kier molecular flexibility index (Phi) is 4.50. The molecule has 1 saturated carbocycles. The third-order valence-electron chi connectivity index (χ3n) is 7.12. The molecule has 4 heterocycles. The summed E-state index contributed by atoms with van der Waals surface area (Å²) in [5, 5.41) is 9.27. The molecule has 33 heavy (non-hydrogen) atoms. The van der Waals surface area contributed by atoms with Gasteiger partial charge in [0.2, 0.25) is 5.91 Å². The van der Waals surface area contributed by atoms with E-state index < -0.39 is 0 Å². The summed E-state index contributed by atoms with van der Waals surface area (Å²) in [7, 11) is 0. The van der Waals surface area contributed by atoms with Crippen molar-refractivity contribution in [3.05, 3.63) is 55.1 Å². The van der Waals surface area contributed by atoms with E-state index in [-0.39, 0.29) is 5.41 Å². The van der Waals surface area contributed by atoms with Crippen LogP contribution in [0.25, 0.3) is 28.0 Å². The smallest absolute Gasteiger partial charge is 0.228 e. The zero-order valence-electron chi connectivity index (χ0n) is 18.7. The van der Waals surface area contributed by atoms with Gasteiger partial charge in [0.25, 0.3) is 0 Å². The van der Waals surface area contributed by atoms with E-state index >= 15 is 0 Å². The lowest BCUT2D eigenvalue weighted by Crippen LogP contribution is -2.42. The summed E-state index contributed by atoms with van der Waals surface area (Å²) in [4.78, 5) is 19.2. The van der Waals surface area contributed by atoms with Crippen molar-refractivity contribution in [2.24, 2.45) is 5.41 Å². The Balaban J connectivity index is 1.19. The Hall–Kier alpha value is -3.68. The highest BCUT2D eigenvalue weighted by molar-refractivity contribution is 5.85. The first kappa shape index (κ1) is 20.0. The number of nitrogen functional groups attached to an aromatic ring is 1. The van der Waals surface area contributed by atoms with Gasteiger partial charge in [-0.15, -0.1) is 0 Å². The number of carbonyl (C=O) groups excluding carboxylic acids is 1. The quantitative estimate of drug-likeness (QED) is 0.486. The Bertz CT molecular complexity index is 1340. The van der Waals surface area contributed by atoms with Crippen molar-refractivity contribution in [2.75, 3.05) is 18.8 Å². The number of nitrogens with zero attached hydrogens (tertiary/aromatic N) is 6. The molecule has 0 radical (unpaired) electrons. The second-order valence-corrected chi connectivity index (χ2v) is 9.58. The van der Waals surface area contributed by atoms with E-state index in [0.717, 1.165) is 66.8 Å². The molecule has 0 atom stereocenters. The van der Waals surface area contributed by atoms with Crippen molar-refractivity contribution in [2.45, 2.75) is 38.6 Å². The van der Waals surface area contributed by atoms with Gasteiger partial charge in [-0.25, -0.2) is 9.50 Å². The maximum atomic E-state index is 12.6. The van der Waals surface area contributed by atoms with Crippen LogP contribution in [0.2, 0.25) is 0 Å². The number of benzene rings is 1. The molecule has 1 amide bonds. The fourth-order valence-corrected chi connectivity index (χ4v) is 4.73. The largest absolute Gasteiger partial charge is 0.399 e. The second-order valence-electron chi connectivity index (χ2n) is 9.58. The molecule has 0 unspecified atom stereocenters. The van der Waals surface area contributed by atoms with Crippen LogP contribution in [0.1, 0.15) is 38.6 Å². The number of likely N-dealkylation sites (tertiary alicyclic amines) is 1. The molecule has 0 bridgehead atoms. The minimum atomic E-state index is -0.0861. The molecule has 4 aromatic rings. The number of amides is 1. The number of imidazole rings is 1. The van der Waals surface area contributed by atoms with Gasteiger partial charge in [-0.2, -0.15) is 10.2 Å². The molecule has 3 aromatic heterocycles. The first-order valence-corrected chi connectivity index (χ1v) is 11.5. The Morgan fingerprint density at radius 1 is 1.03 bits per heavy atom. The molecule has 2 fully saturated rings. The van der Waals surface area contributed by atoms with Crippen LogP contribution < -0.4 is 5.73 Å². The highest BCUT2D eigenvalue weighted by atomic mass is 16.2. The zero-order valence-corrected chi connectivity index (χ0v) is 18.7. The number of fused-ring (bicyclic) bond motifs is 1. The van der Waals surface area contributed by atoms with Crippen LogP contribution in [0, 0.1) is 5.41 Å². The van der Waals surface area contributed by atoms with Crippen LogP contribution in [-0.2, 0) is 4.79 Å². The third kappa shape index (κ3) is 3.55.